The molecule has 0 spiro atoms. The van der Waals surface area contributed by atoms with Gasteiger partial charge in [-0.3, -0.25) is 4.90 Å². The Labute approximate surface area is 103 Å². The van der Waals surface area contributed by atoms with Gasteiger partial charge < -0.3 is 4.90 Å². The number of likely N-dealkylation sites (tertiary alicyclic amines) is 1. The first-order valence-electron chi connectivity index (χ1n) is 5.82. The summed E-state index contributed by atoms with van der Waals surface area (Å²) < 4.78 is 0. The van der Waals surface area contributed by atoms with Gasteiger partial charge in [0.15, 0.2) is 0 Å². The first-order valence-corrected chi connectivity index (χ1v) is 6.20. The van der Waals surface area contributed by atoms with Crippen molar-refractivity contribution in [2.45, 2.75) is 18.9 Å². The van der Waals surface area contributed by atoms with Gasteiger partial charge in [-0.25, -0.2) is 0 Å². The van der Waals surface area contributed by atoms with E-state index in [0.29, 0.717) is 11.1 Å². The second-order valence-electron chi connectivity index (χ2n) is 4.62. The zero-order valence-corrected chi connectivity index (χ0v) is 10.6. The van der Waals surface area contributed by atoms with Gasteiger partial charge in [0.25, 0.3) is 0 Å². The molecule has 1 fully saturated rings. The van der Waals surface area contributed by atoms with Gasteiger partial charge in [-0.2, -0.15) is 0 Å². The van der Waals surface area contributed by atoms with E-state index in [9.17, 15) is 0 Å². The summed E-state index contributed by atoms with van der Waals surface area (Å²) in [4.78, 5) is 4.64. The Morgan fingerprint density at radius 1 is 1.62 bits per heavy atom. The van der Waals surface area contributed by atoms with Gasteiger partial charge in [0.1, 0.15) is 0 Å². The Hall–Kier alpha value is -0.730. The molecule has 0 N–H and O–H groups in total. The average molecular weight is 239 g/mol. The van der Waals surface area contributed by atoms with Crippen LogP contribution in [0, 0.1) is 0 Å². The molecule has 1 atom stereocenters. The van der Waals surface area contributed by atoms with Crippen molar-refractivity contribution in [3.05, 3.63) is 35.5 Å². The molecule has 2 nitrogen and oxygen atoms in total. The highest BCUT2D eigenvalue weighted by molar-refractivity contribution is 6.29. The van der Waals surface area contributed by atoms with E-state index in [2.05, 4.69) is 41.8 Å². The largest absolute Gasteiger partial charge is 0.368 e. The molecule has 1 unspecified atom stereocenters. The third kappa shape index (κ3) is 2.69. The van der Waals surface area contributed by atoms with Crippen molar-refractivity contribution in [3.8, 4) is 0 Å². The molecule has 2 heterocycles. The van der Waals surface area contributed by atoms with Crippen LogP contribution in [0.1, 0.15) is 12.8 Å². The number of rotatable bonds is 3. The Morgan fingerprint density at radius 2 is 2.44 bits per heavy atom. The molecule has 3 heteroatoms. The summed E-state index contributed by atoms with van der Waals surface area (Å²) in [5.74, 6) is 0. The van der Waals surface area contributed by atoms with Crippen molar-refractivity contribution in [2.24, 2.45) is 0 Å². The summed E-state index contributed by atoms with van der Waals surface area (Å²) >= 11 is 5.85. The standard InChI is InChI=1S/C13H19ClN2/c1-11(14)9-16-8-3-5-12(10-16)13-6-4-7-15(13)2/h3,5,10,13H,1,4,6-9H2,2H3. The van der Waals surface area contributed by atoms with E-state index in [1.807, 2.05) is 0 Å². The minimum absolute atomic E-state index is 0.586. The van der Waals surface area contributed by atoms with Crippen molar-refractivity contribution in [1.82, 2.24) is 9.80 Å². The first kappa shape index (κ1) is 11.7. The molecule has 2 aliphatic rings. The van der Waals surface area contributed by atoms with Gasteiger partial charge in [0.05, 0.1) is 6.54 Å². The number of hydrogen-bond acceptors (Lipinski definition) is 2. The van der Waals surface area contributed by atoms with Crippen molar-refractivity contribution < 1.29 is 0 Å². The van der Waals surface area contributed by atoms with Gasteiger partial charge in [-0.05, 0) is 32.0 Å². The van der Waals surface area contributed by atoms with Crippen LogP contribution in [-0.2, 0) is 0 Å². The molecule has 0 aliphatic carbocycles. The highest BCUT2D eigenvalue weighted by Crippen LogP contribution is 2.25. The van der Waals surface area contributed by atoms with Gasteiger partial charge in [0.2, 0.25) is 0 Å². The fourth-order valence-electron chi connectivity index (χ4n) is 2.49. The molecular formula is C13H19ClN2. The summed E-state index contributed by atoms with van der Waals surface area (Å²) in [6.45, 7) is 6.63. The number of hydrogen-bond donors (Lipinski definition) is 0. The molecule has 0 aromatic carbocycles. The third-order valence-electron chi connectivity index (χ3n) is 3.26. The molecule has 0 amide bonds. The lowest BCUT2D eigenvalue weighted by molar-refractivity contribution is 0.339. The van der Waals surface area contributed by atoms with E-state index in [4.69, 9.17) is 11.6 Å². The van der Waals surface area contributed by atoms with Gasteiger partial charge in [-0.1, -0.05) is 30.3 Å². The molecule has 0 aromatic rings. The number of likely N-dealkylation sites (N-methyl/N-ethyl adjacent to an activating group) is 1. The van der Waals surface area contributed by atoms with Gasteiger partial charge >= 0.3 is 0 Å². The molecule has 2 aliphatic heterocycles. The average Bonchev–Trinajstić information content (AvgIpc) is 2.64. The quantitative estimate of drug-likeness (QED) is 0.746. The van der Waals surface area contributed by atoms with E-state index in [0.717, 1.165) is 13.1 Å². The minimum atomic E-state index is 0.586. The summed E-state index contributed by atoms with van der Waals surface area (Å²) in [7, 11) is 2.20. The molecule has 0 bridgehead atoms. The topological polar surface area (TPSA) is 6.48 Å². The van der Waals surface area contributed by atoms with Crippen molar-refractivity contribution >= 4 is 11.6 Å². The SMILES string of the molecule is C=C(Cl)CN1C=C(C2CCCN2C)C=CC1. The lowest BCUT2D eigenvalue weighted by atomic mass is 10.0. The maximum atomic E-state index is 5.85. The molecule has 1 saturated heterocycles. The molecular weight excluding hydrogens is 220 g/mol. The lowest BCUT2D eigenvalue weighted by Gasteiger charge is -2.28. The summed E-state index contributed by atoms with van der Waals surface area (Å²) in [5, 5.41) is 0.700. The Kier molecular flexibility index (Phi) is 3.72. The second kappa shape index (κ2) is 5.07. The maximum Gasteiger partial charge on any atom is 0.0528 e. The molecule has 0 aromatic heterocycles. The van der Waals surface area contributed by atoms with Crippen molar-refractivity contribution in [3.63, 3.8) is 0 Å². The second-order valence-corrected chi connectivity index (χ2v) is 5.15. The van der Waals surface area contributed by atoms with Crippen LogP contribution >= 0.6 is 11.6 Å². The van der Waals surface area contributed by atoms with Crippen molar-refractivity contribution in [2.75, 3.05) is 26.7 Å². The molecule has 2 rings (SSSR count). The molecule has 0 radical (unpaired) electrons. The third-order valence-corrected chi connectivity index (χ3v) is 3.38. The first-order chi connectivity index (χ1) is 7.66. The van der Waals surface area contributed by atoms with Crippen LogP contribution in [0.25, 0.3) is 0 Å². The normalized spacial score (nSPS) is 26.0. The van der Waals surface area contributed by atoms with Crippen LogP contribution in [0.4, 0.5) is 0 Å². The number of nitrogens with zero attached hydrogens (tertiary/aromatic N) is 2. The van der Waals surface area contributed by atoms with Crippen LogP contribution < -0.4 is 0 Å². The van der Waals surface area contributed by atoms with Gasteiger partial charge in [0, 0.05) is 23.8 Å². The smallest absolute Gasteiger partial charge is 0.0528 e. The van der Waals surface area contributed by atoms with E-state index >= 15 is 0 Å². The fraction of sp³-hybridized carbons (Fsp3) is 0.538. The molecule has 0 saturated carbocycles. The Balaban J connectivity index is 2.05. The molecule has 16 heavy (non-hydrogen) atoms. The highest BCUT2D eigenvalue weighted by atomic mass is 35.5. The summed E-state index contributed by atoms with van der Waals surface area (Å²) in [5.41, 5.74) is 1.41. The molecule has 88 valence electrons. The number of halogens is 1. The maximum absolute atomic E-state index is 5.85. The Morgan fingerprint density at radius 3 is 3.06 bits per heavy atom. The van der Waals surface area contributed by atoms with Crippen LogP contribution in [0.3, 0.4) is 0 Å². The van der Waals surface area contributed by atoms with Crippen LogP contribution in [-0.4, -0.2) is 42.5 Å². The highest BCUT2D eigenvalue weighted by Gasteiger charge is 2.24. The van der Waals surface area contributed by atoms with E-state index in [-0.39, 0.29) is 0 Å². The van der Waals surface area contributed by atoms with E-state index in [1.54, 1.807) is 0 Å². The monoisotopic (exact) mass is 238 g/mol. The lowest BCUT2D eigenvalue weighted by Crippen LogP contribution is -2.30. The van der Waals surface area contributed by atoms with E-state index in [1.165, 1.54) is 25.0 Å². The van der Waals surface area contributed by atoms with Crippen LogP contribution in [0.5, 0.6) is 0 Å². The predicted molar refractivity (Wildman–Crippen MR) is 69.4 cm³/mol. The summed E-state index contributed by atoms with van der Waals surface area (Å²) in [6.07, 6.45) is 9.26. The summed E-state index contributed by atoms with van der Waals surface area (Å²) in [6, 6.07) is 0.586. The predicted octanol–water partition coefficient (Wildman–Crippen LogP) is 2.59. The zero-order valence-electron chi connectivity index (χ0n) is 9.82. The zero-order chi connectivity index (χ0) is 11.5. The fourth-order valence-corrected chi connectivity index (χ4v) is 2.64. The Bertz CT molecular complexity index is 333. The van der Waals surface area contributed by atoms with E-state index < -0.39 is 0 Å². The van der Waals surface area contributed by atoms with Gasteiger partial charge in [-0.15, -0.1) is 0 Å². The van der Waals surface area contributed by atoms with Crippen molar-refractivity contribution in [1.29, 1.82) is 0 Å². The van der Waals surface area contributed by atoms with Crippen LogP contribution in [0.2, 0.25) is 0 Å². The minimum Gasteiger partial charge on any atom is -0.368 e. The van der Waals surface area contributed by atoms with Crippen LogP contribution in [0.15, 0.2) is 35.5 Å².